The van der Waals surface area contributed by atoms with Gasteiger partial charge in [-0.15, -0.1) is 0 Å². The van der Waals surface area contributed by atoms with E-state index in [4.69, 9.17) is 4.74 Å². The summed E-state index contributed by atoms with van der Waals surface area (Å²) in [5.74, 6) is 0.186. The van der Waals surface area contributed by atoms with E-state index in [1.165, 1.54) is 13.0 Å². The Balaban J connectivity index is 2.16. The van der Waals surface area contributed by atoms with Gasteiger partial charge in [-0.05, 0) is 18.2 Å². The number of nitrogens with zero attached hydrogens (tertiary/aromatic N) is 3. The molecule has 0 aliphatic carbocycles. The van der Waals surface area contributed by atoms with Crippen molar-refractivity contribution in [3.8, 4) is 11.3 Å². The number of sulfone groups is 1. The Bertz CT molecular complexity index is 1170. The normalized spacial score (nSPS) is 11.6. The molecule has 3 heterocycles. The first-order valence-corrected chi connectivity index (χ1v) is 10.8. The summed E-state index contributed by atoms with van der Waals surface area (Å²) in [6.45, 7) is 2.41. The Morgan fingerprint density at radius 3 is 2.69 bits per heavy atom. The summed E-state index contributed by atoms with van der Waals surface area (Å²) < 4.78 is 31.2. The van der Waals surface area contributed by atoms with Crippen molar-refractivity contribution in [3.05, 3.63) is 30.6 Å². The number of carbonyl (C=O) groups excluding carboxylic acids is 1. The summed E-state index contributed by atoms with van der Waals surface area (Å²) >= 11 is 0. The van der Waals surface area contributed by atoms with Crippen molar-refractivity contribution in [2.75, 3.05) is 37.2 Å². The van der Waals surface area contributed by atoms with Gasteiger partial charge >= 0.3 is 0 Å². The molecular formula is C19H23N5O4S. The molecule has 3 aromatic rings. The lowest BCUT2D eigenvalue weighted by atomic mass is 10.1. The molecule has 10 heteroatoms. The maximum absolute atomic E-state index is 12.2. The lowest BCUT2D eigenvalue weighted by Crippen LogP contribution is -2.09. The third-order valence-corrected chi connectivity index (χ3v) is 5.24. The highest BCUT2D eigenvalue weighted by molar-refractivity contribution is 7.90. The van der Waals surface area contributed by atoms with Crippen molar-refractivity contribution >= 4 is 38.2 Å². The van der Waals surface area contributed by atoms with E-state index in [1.807, 2.05) is 17.8 Å². The number of aryl methyl sites for hydroxylation is 1. The molecule has 2 N–H and O–H groups in total. The average molecular weight is 417 g/mol. The number of hydrogen-bond acceptors (Lipinski definition) is 7. The van der Waals surface area contributed by atoms with Crippen LogP contribution in [-0.4, -0.2) is 55.4 Å². The van der Waals surface area contributed by atoms with Gasteiger partial charge in [0.15, 0.2) is 14.9 Å². The SMILES string of the molecule is COCCNc1cc(-c2cn(C)c3cnc(NC(C)=O)cc23)nc(S(C)(=O)=O)c1. The Hall–Kier alpha value is -2.98. The fourth-order valence-electron chi connectivity index (χ4n) is 2.96. The zero-order chi connectivity index (χ0) is 21.2. The molecule has 3 rings (SSSR count). The van der Waals surface area contributed by atoms with Crippen LogP contribution in [0.2, 0.25) is 0 Å². The van der Waals surface area contributed by atoms with Crippen LogP contribution in [0.3, 0.4) is 0 Å². The summed E-state index contributed by atoms with van der Waals surface area (Å²) in [4.78, 5) is 20.0. The Kier molecular flexibility index (Phi) is 5.85. The third kappa shape index (κ3) is 4.72. The van der Waals surface area contributed by atoms with Gasteiger partial charge in [-0.2, -0.15) is 0 Å². The van der Waals surface area contributed by atoms with Gasteiger partial charge in [-0.1, -0.05) is 0 Å². The Morgan fingerprint density at radius 1 is 1.28 bits per heavy atom. The van der Waals surface area contributed by atoms with Crippen molar-refractivity contribution in [2.24, 2.45) is 7.05 Å². The molecule has 0 radical (unpaired) electrons. The maximum Gasteiger partial charge on any atom is 0.222 e. The first kappa shape index (κ1) is 20.7. The predicted octanol–water partition coefficient (Wildman–Crippen LogP) is 2.06. The van der Waals surface area contributed by atoms with E-state index < -0.39 is 9.84 Å². The molecular weight excluding hydrogens is 394 g/mol. The largest absolute Gasteiger partial charge is 0.383 e. The minimum Gasteiger partial charge on any atom is -0.383 e. The second kappa shape index (κ2) is 8.18. The first-order valence-electron chi connectivity index (χ1n) is 8.87. The molecule has 0 bridgehead atoms. The van der Waals surface area contributed by atoms with Gasteiger partial charge in [0.05, 0.1) is 24.0 Å². The zero-order valence-electron chi connectivity index (χ0n) is 16.7. The van der Waals surface area contributed by atoms with Crippen LogP contribution >= 0.6 is 0 Å². The van der Waals surface area contributed by atoms with Gasteiger partial charge < -0.3 is 19.9 Å². The van der Waals surface area contributed by atoms with Crippen LogP contribution in [-0.2, 0) is 26.4 Å². The van der Waals surface area contributed by atoms with Crippen LogP contribution < -0.4 is 10.6 Å². The van der Waals surface area contributed by atoms with Crippen molar-refractivity contribution in [2.45, 2.75) is 11.9 Å². The lowest BCUT2D eigenvalue weighted by Gasteiger charge is -2.10. The van der Waals surface area contributed by atoms with Crippen LogP contribution in [0.1, 0.15) is 6.92 Å². The standard InChI is InChI=1S/C19H23N5O4S/c1-12(25)22-18-9-14-15(11-24(2)17(14)10-21-18)16-7-13(20-5-6-28-3)8-19(23-16)29(4,26)27/h7-11H,5-6H2,1-4H3,(H,20,23)(H,21,22,25). The van der Waals surface area contributed by atoms with Gasteiger partial charge in [0.2, 0.25) is 5.91 Å². The molecule has 154 valence electrons. The summed E-state index contributed by atoms with van der Waals surface area (Å²) in [5, 5.41) is 6.59. The molecule has 0 fully saturated rings. The average Bonchev–Trinajstić information content (AvgIpc) is 2.97. The lowest BCUT2D eigenvalue weighted by molar-refractivity contribution is -0.114. The van der Waals surface area contributed by atoms with Crippen molar-refractivity contribution in [3.63, 3.8) is 0 Å². The van der Waals surface area contributed by atoms with E-state index in [9.17, 15) is 13.2 Å². The fourth-order valence-corrected chi connectivity index (χ4v) is 3.57. The van der Waals surface area contributed by atoms with Crippen molar-refractivity contribution in [1.82, 2.24) is 14.5 Å². The van der Waals surface area contributed by atoms with Gasteiger partial charge in [0.25, 0.3) is 0 Å². The third-order valence-electron chi connectivity index (χ3n) is 4.27. The highest BCUT2D eigenvalue weighted by Crippen LogP contribution is 2.32. The second-order valence-corrected chi connectivity index (χ2v) is 8.66. The summed E-state index contributed by atoms with van der Waals surface area (Å²) in [6, 6.07) is 5.04. The van der Waals surface area contributed by atoms with E-state index in [-0.39, 0.29) is 10.9 Å². The summed E-state index contributed by atoms with van der Waals surface area (Å²) in [7, 11) is -0.0550. The van der Waals surface area contributed by atoms with E-state index in [2.05, 4.69) is 20.6 Å². The van der Waals surface area contributed by atoms with Crippen LogP contribution in [0, 0.1) is 0 Å². The number of pyridine rings is 2. The second-order valence-electron chi connectivity index (χ2n) is 6.69. The van der Waals surface area contributed by atoms with Crippen molar-refractivity contribution < 1.29 is 17.9 Å². The van der Waals surface area contributed by atoms with E-state index in [0.717, 1.165) is 22.7 Å². The zero-order valence-corrected chi connectivity index (χ0v) is 17.5. The highest BCUT2D eigenvalue weighted by Gasteiger charge is 2.17. The molecule has 3 aromatic heterocycles. The van der Waals surface area contributed by atoms with E-state index in [0.29, 0.717) is 30.4 Å². The van der Waals surface area contributed by atoms with Crippen LogP contribution in [0.25, 0.3) is 22.2 Å². The number of rotatable bonds is 7. The molecule has 0 atom stereocenters. The molecule has 0 unspecified atom stereocenters. The number of aromatic nitrogens is 3. The number of amides is 1. The van der Waals surface area contributed by atoms with Crippen LogP contribution in [0.5, 0.6) is 0 Å². The van der Waals surface area contributed by atoms with Crippen LogP contribution in [0.4, 0.5) is 11.5 Å². The summed E-state index contributed by atoms with van der Waals surface area (Å²) in [6.07, 6.45) is 4.64. The molecule has 0 spiro atoms. The van der Waals surface area contributed by atoms with Gasteiger partial charge in [-0.25, -0.2) is 18.4 Å². The summed E-state index contributed by atoms with van der Waals surface area (Å²) in [5.41, 5.74) is 2.69. The molecule has 0 aromatic carbocycles. The van der Waals surface area contributed by atoms with Crippen molar-refractivity contribution in [1.29, 1.82) is 0 Å². The molecule has 0 aliphatic rings. The highest BCUT2D eigenvalue weighted by atomic mass is 32.2. The van der Waals surface area contributed by atoms with Gasteiger partial charge in [0, 0.05) is 56.7 Å². The maximum atomic E-state index is 12.2. The Labute approximate surface area is 169 Å². The number of ether oxygens (including phenoxy) is 1. The monoisotopic (exact) mass is 417 g/mol. The van der Waals surface area contributed by atoms with E-state index in [1.54, 1.807) is 25.4 Å². The molecule has 9 nitrogen and oxygen atoms in total. The fraction of sp³-hybridized carbons (Fsp3) is 0.316. The Morgan fingerprint density at radius 2 is 2.03 bits per heavy atom. The minimum absolute atomic E-state index is 0.0249. The number of hydrogen-bond donors (Lipinski definition) is 2. The minimum atomic E-state index is -3.52. The molecule has 0 aliphatic heterocycles. The number of nitrogens with one attached hydrogen (secondary N) is 2. The molecule has 0 saturated carbocycles. The molecule has 29 heavy (non-hydrogen) atoms. The molecule has 1 amide bonds. The number of carbonyl (C=O) groups is 1. The number of anilines is 2. The quantitative estimate of drug-likeness (QED) is 0.565. The first-order chi connectivity index (χ1) is 13.7. The number of fused-ring (bicyclic) bond motifs is 1. The topological polar surface area (TPSA) is 115 Å². The smallest absolute Gasteiger partial charge is 0.222 e. The molecule has 0 saturated heterocycles. The van der Waals surface area contributed by atoms with Crippen LogP contribution in [0.15, 0.2) is 35.6 Å². The number of methoxy groups -OCH3 is 1. The van der Waals surface area contributed by atoms with E-state index >= 15 is 0 Å². The predicted molar refractivity (Wildman–Crippen MR) is 112 cm³/mol. The van der Waals surface area contributed by atoms with Gasteiger partial charge in [-0.3, -0.25) is 4.79 Å². The van der Waals surface area contributed by atoms with Gasteiger partial charge in [0.1, 0.15) is 5.82 Å².